The largest absolute Gasteiger partial charge is 0.393 e. The van der Waals surface area contributed by atoms with Crippen molar-refractivity contribution in [3.63, 3.8) is 0 Å². The van der Waals surface area contributed by atoms with E-state index in [2.05, 4.69) is 10.6 Å². The first-order valence-corrected chi connectivity index (χ1v) is 8.13. The fourth-order valence-electron chi connectivity index (χ4n) is 2.29. The lowest BCUT2D eigenvalue weighted by Crippen LogP contribution is -2.48. The maximum absolute atomic E-state index is 12.4. The molecule has 2 atom stereocenters. The highest BCUT2D eigenvalue weighted by Gasteiger charge is 2.22. The molecule has 0 saturated carbocycles. The van der Waals surface area contributed by atoms with Crippen molar-refractivity contribution >= 4 is 11.8 Å². The van der Waals surface area contributed by atoms with E-state index in [9.17, 15) is 14.7 Å². The summed E-state index contributed by atoms with van der Waals surface area (Å²) >= 11 is 0. The third kappa shape index (κ3) is 6.82. The topological polar surface area (TPSA) is 78.4 Å². The Morgan fingerprint density at radius 3 is 2.39 bits per heavy atom. The van der Waals surface area contributed by atoms with Crippen LogP contribution in [0, 0.1) is 12.8 Å². The normalized spacial score (nSPS) is 13.5. The molecule has 2 unspecified atom stereocenters. The third-order valence-electron chi connectivity index (χ3n) is 3.58. The van der Waals surface area contributed by atoms with Crippen molar-refractivity contribution < 1.29 is 14.7 Å². The Morgan fingerprint density at radius 1 is 1.17 bits per heavy atom. The fourth-order valence-corrected chi connectivity index (χ4v) is 2.29. The van der Waals surface area contributed by atoms with Crippen molar-refractivity contribution in [3.8, 4) is 0 Å². The van der Waals surface area contributed by atoms with E-state index in [1.807, 2.05) is 39.0 Å². The van der Waals surface area contributed by atoms with Gasteiger partial charge in [0.1, 0.15) is 6.04 Å². The first-order chi connectivity index (χ1) is 10.8. The number of aliphatic hydroxyl groups excluding tert-OH is 1. The van der Waals surface area contributed by atoms with E-state index in [1.165, 1.54) is 0 Å². The van der Waals surface area contributed by atoms with Crippen LogP contribution in [0.1, 0.15) is 49.5 Å². The van der Waals surface area contributed by atoms with Crippen LogP contribution < -0.4 is 10.6 Å². The van der Waals surface area contributed by atoms with Crippen LogP contribution in [0.3, 0.4) is 0 Å². The smallest absolute Gasteiger partial charge is 0.252 e. The molecule has 0 bridgehead atoms. The lowest BCUT2D eigenvalue weighted by atomic mass is 10.0. The molecule has 0 aromatic heterocycles. The number of carbonyl (C=O) groups is 2. The highest BCUT2D eigenvalue weighted by atomic mass is 16.3. The molecule has 1 rings (SSSR count). The summed E-state index contributed by atoms with van der Waals surface area (Å²) < 4.78 is 0. The molecule has 23 heavy (non-hydrogen) atoms. The Morgan fingerprint density at radius 2 is 1.83 bits per heavy atom. The Bertz CT molecular complexity index is 527. The number of hydrogen-bond donors (Lipinski definition) is 3. The second-order valence-corrected chi connectivity index (χ2v) is 6.40. The van der Waals surface area contributed by atoms with E-state index >= 15 is 0 Å². The average molecular weight is 320 g/mol. The van der Waals surface area contributed by atoms with Crippen LogP contribution >= 0.6 is 0 Å². The second kappa shape index (κ2) is 9.30. The molecule has 5 nitrogen and oxygen atoms in total. The average Bonchev–Trinajstić information content (AvgIpc) is 2.45. The van der Waals surface area contributed by atoms with Gasteiger partial charge in [0.2, 0.25) is 5.91 Å². The minimum absolute atomic E-state index is 0.207. The van der Waals surface area contributed by atoms with Gasteiger partial charge in [0.05, 0.1) is 6.10 Å². The number of carbonyl (C=O) groups excluding carboxylic acids is 2. The van der Waals surface area contributed by atoms with Crippen molar-refractivity contribution in [1.82, 2.24) is 10.6 Å². The molecular weight excluding hydrogens is 292 g/mol. The number of nitrogens with one attached hydrogen (secondary N) is 2. The van der Waals surface area contributed by atoms with Gasteiger partial charge in [0.15, 0.2) is 0 Å². The highest BCUT2D eigenvalue weighted by molar-refractivity contribution is 5.98. The molecule has 0 fully saturated rings. The Balaban J connectivity index is 2.72. The van der Waals surface area contributed by atoms with Crippen LogP contribution in [0.2, 0.25) is 0 Å². The lowest BCUT2D eigenvalue weighted by molar-refractivity contribution is -0.123. The van der Waals surface area contributed by atoms with E-state index in [0.717, 1.165) is 5.56 Å². The van der Waals surface area contributed by atoms with E-state index < -0.39 is 12.1 Å². The second-order valence-electron chi connectivity index (χ2n) is 6.40. The highest BCUT2D eigenvalue weighted by Crippen LogP contribution is 2.10. The molecule has 0 aliphatic rings. The summed E-state index contributed by atoms with van der Waals surface area (Å²) in [5.74, 6) is -0.166. The predicted molar refractivity (Wildman–Crippen MR) is 91.2 cm³/mol. The number of rotatable bonds is 8. The maximum Gasteiger partial charge on any atom is 0.252 e. The third-order valence-corrected chi connectivity index (χ3v) is 3.58. The molecule has 0 heterocycles. The van der Waals surface area contributed by atoms with Crippen LogP contribution in [0.15, 0.2) is 24.3 Å². The summed E-state index contributed by atoms with van der Waals surface area (Å²) in [6, 6.07) is 6.73. The molecule has 5 heteroatoms. The van der Waals surface area contributed by atoms with Crippen molar-refractivity contribution in [1.29, 1.82) is 0 Å². The molecule has 3 N–H and O–H groups in total. The summed E-state index contributed by atoms with van der Waals surface area (Å²) in [5, 5.41) is 14.9. The first-order valence-electron chi connectivity index (χ1n) is 8.13. The zero-order chi connectivity index (χ0) is 17.4. The van der Waals surface area contributed by atoms with Crippen LogP contribution in [0.25, 0.3) is 0 Å². The summed E-state index contributed by atoms with van der Waals surface area (Å²) in [7, 11) is 0. The molecule has 0 saturated heterocycles. The van der Waals surface area contributed by atoms with Crippen LogP contribution in [-0.4, -0.2) is 35.6 Å². The lowest BCUT2D eigenvalue weighted by Gasteiger charge is -2.21. The molecular formula is C18H28N2O3. The van der Waals surface area contributed by atoms with Crippen molar-refractivity contribution in [3.05, 3.63) is 35.4 Å². The monoisotopic (exact) mass is 320 g/mol. The fraction of sp³-hybridized carbons (Fsp3) is 0.556. The van der Waals surface area contributed by atoms with Crippen molar-refractivity contribution in [2.45, 2.75) is 52.7 Å². The minimum atomic E-state index is -0.573. The minimum Gasteiger partial charge on any atom is -0.393 e. The number of aryl methyl sites for hydroxylation is 1. The van der Waals surface area contributed by atoms with Crippen LogP contribution in [-0.2, 0) is 4.79 Å². The van der Waals surface area contributed by atoms with Crippen molar-refractivity contribution in [2.75, 3.05) is 6.54 Å². The SMILES string of the molecule is Cc1ccccc1C(=O)NC(CC(C)C)C(=O)NCCC(C)O. The Kier molecular flexibility index (Phi) is 7.75. The number of hydrogen-bond acceptors (Lipinski definition) is 3. The van der Waals surface area contributed by atoms with Crippen molar-refractivity contribution in [2.24, 2.45) is 5.92 Å². The summed E-state index contributed by atoms with van der Waals surface area (Å²) in [6.45, 7) is 7.96. The molecule has 1 aromatic carbocycles. The van der Waals surface area contributed by atoms with E-state index in [0.29, 0.717) is 24.9 Å². The summed E-state index contributed by atoms with van der Waals surface area (Å²) in [5.41, 5.74) is 1.46. The Labute approximate surface area is 138 Å². The molecule has 0 aliphatic carbocycles. The van der Waals surface area contributed by atoms with Gasteiger partial charge in [0, 0.05) is 12.1 Å². The molecule has 0 spiro atoms. The van der Waals surface area contributed by atoms with Gasteiger partial charge in [-0.05, 0) is 44.2 Å². The molecule has 1 aromatic rings. The zero-order valence-corrected chi connectivity index (χ0v) is 14.4. The zero-order valence-electron chi connectivity index (χ0n) is 14.4. The maximum atomic E-state index is 12.4. The molecule has 0 aliphatic heterocycles. The quantitative estimate of drug-likeness (QED) is 0.686. The van der Waals surface area contributed by atoms with Gasteiger partial charge in [0.25, 0.3) is 5.91 Å². The van der Waals surface area contributed by atoms with E-state index in [4.69, 9.17) is 0 Å². The van der Waals surface area contributed by atoms with E-state index in [-0.39, 0.29) is 17.7 Å². The van der Waals surface area contributed by atoms with Gasteiger partial charge in [-0.15, -0.1) is 0 Å². The molecule has 2 amide bonds. The summed E-state index contributed by atoms with van der Waals surface area (Å²) in [6.07, 6.45) is 0.602. The van der Waals surface area contributed by atoms with E-state index in [1.54, 1.807) is 13.0 Å². The van der Waals surface area contributed by atoms with Gasteiger partial charge >= 0.3 is 0 Å². The van der Waals surface area contributed by atoms with Crippen LogP contribution in [0.5, 0.6) is 0 Å². The number of benzene rings is 1. The Hall–Kier alpha value is -1.88. The predicted octanol–water partition coefficient (Wildman–Crippen LogP) is 2.03. The number of aliphatic hydroxyl groups is 1. The van der Waals surface area contributed by atoms with Gasteiger partial charge < -0.3 is 15.7 Å². The molecule has 128 valence electrons. The van der Waals surface area contributed by atoms with Gasteiger partial charge in [-0.3, -0.25) is 9.59 Å². The van der Waals surface area contributed by atoms with Gasteiger partial charge in [-0.25, -0.2) is 0 Å². The first kappa shape index (κ1) is 19.2. The van der Waals surface area contributed by atoms with Gasteiger partial charge in [-0.2, -0.15) is 0 Å². The molecule has 0 radical (unpaired) electrons. The summed E-state index contributed by atoms with van der Waals surface area (Å²) in [4.78, 5) is 24.7. The standard InChI is InChI=1S/C18H28N2O3/c1-12(2)11-16(18(23)19-10-9-14(4)21)20-17(22)15-8-6-5-7-13(15)3/h5-8,12,14,16,21H,9-11H2,1-4H3,(H,19,23)(H,20,22). The van der Waals surface area contributed by atoms with Crippen LogP contribution in [0.4, 0.5) is 0 Å². The van der Waals surface area contributed by atoms with Gasteiger partial charge in [-0.1, -0.05) is 32.0 Å². The number of amides is 2.